The van der Waals surface area contributed by atoms with Gasteiger partial charge in [-0.3, -0.25) is 19.5 Å². The molecule has 1 atom stereocenters. The van der Waals surface area contributed by atoms with Gasteiger partial charge in [-0.1, -0.05) is 24.3 Å². The second kappa shape index (κ2) is 9.00. The van der Waals surface area contributed by atoms with Gasteiger partial charge in [-0.15, -0.1) is 0 Å². The monoisotopic (exact) mass is 449 g/mol. The lowest BCUT2D eigenvalue weighted by Gasteiger charge is -2.35. The van der Waals surface area contributed by atoms with Crippen molar-refractivity contribution in [3.05, 3.63) is 52.8 Å². The summed E-state index contributed by atoms with van der Waals surface area (Å²) >= 11 is 0. The Morgan fingerprint density at radius 2 is 1.79 bits per heavy atom. The maximum absolute atomic E-state index is 13.3. The van der Waals surface area contributed by atoms with Crippen LogP contribution in [0.1, 0.15) is 65.7 Å². The Morgan fingerprint density at radius 1 is 1.03 bits per heavy atom. The molecule has 1 N–H and O–H groups in total. The third-order valence-electron chi connectivity index (χ3n) is 7.47. The molecule has 1 aromatic heterocycles. The van der Waals surface area contributed by atoms with Crippen molar-refractivity contribution in [3.63, 3.8) is 0 Å². The molecular formula is C25H31N5O3. The van der Waals surface area contributed by atoms with Crippen LogP contribution >= 0.6 is 0 Å². The molecule has 3 amide bonds. The summed E-state index contributed by atoms with van der Waals surface area (Å²) in [5.74, 6) is 0.285. The van der Waals surface area contributed by atoms with Crippen LogP contribution in [0, 0.1) is 0 Å². The van der Waals surface area contributed by atoms with E-state index in [2.05, 4.69) is 22.3 Å². The van der Waals surface area contributed by atoms with Crippen molar-refractivity contribution in [2.45, 2.75) is 57.5 Å². The van der Waals surface area contributed by atoms with Crippen LogP contribution in [0.2, 0.25) is 0 Å². The molecule has 2 aromatic rings. The molecule has 0 aliphatic carbocycles. The number of fused-ring (bicyclic) bond motifs is 1. The molecule has 0 radical (unpaired) electrons. The number of benzene rings is 1. The number of hydrogen-bond donors (Lipinski definition) is 1. The Kier molecular flexibility index (Phi) is 5.91. The molecule has 3 aliphatic rings. The van der Waals surface area contributed by atoms with Crippen LogP contribution in [-0.4, -0.2) is 74.8 Å². The van der Waals surface area contributed by atoms with Gasteiger partial charge in [-0.25, -0.2) is 0 Å². The summed E-state index contributed by atoms with van der Waals surface area (Å²) in [4.78, 5) is 43.8. The highest BCUT2D eigenvalue weighted by Gasteiger charge is 2.35. The van der Waals surface area contributed by atoms with E-state index in [0.717, 1.165) is 31.4 Å². The highest BCUT2D eigenvalue weighted by Crippen LogP contribution is 2.31. The smallest absolute Gasteiger partial charge is 0.257 e. The number of amides is 3. The minimum absolute atomic E-state index is 0.0212. The maximum Gasteiger partial charge on any atom is 0.257 e. The average molecular weight is 450 g/mol. The quantitative estimate of drug-likeness (QED) is 0.776. The lowest BCUT2D eigenvalue weighted by atomic mass is 9.90. The number of piperidine rings is 1. The molecule has 33 heavy (non-hydrogen) atoms. The summed E-state index contributed by atoms with van der Waals surface area (Å²) in [5, 5.41) is 7.28. The van der Waals surface area contributed by atoms with E-state index in [9.17, 15) is 14.4 Å². The van der Waals surface area contributed by atoms with E-state index in [-0.39, 0.29) is 23.6 Å². The molecule has 1 aromatic carbocycles. The normalized spacial score (nSPS) is 20.2. The maximum atomic E-state index is 13.3. The van der Waals surface area contributed by atoms with Gasteiger partial charge >= 0.3 is 0 Å². The fourth-order valence-corrected chi connectivity index (χ4v) is 5.48. The number of aromatic nitrogens is 2. The largest absolute Gasteiger partial charge is 0.341 e. The molecule has 8 heteroatoms. The fourth-order valence-electron chi connectivity index (χ4n) is 5.48. The Hall–Kier alpha value is -3.16. The molecule has 8 nitrogen and oxygen atoms in total. The predicted octanol–water partition coefficient (Wildman–Crippen LogP) is 2.33. The lowest BCUT2D eigenvalue weighted by Crippen LogP contribution is -2.49. The minimum atomic E-state index is -0.400. The zero-order valence-corrected chi connectivity index (χ0v) is 19.1. The molecule has 5 rings (SSSR count). The molecule has 0 spiro atoms. The Labute approximate surface area is 193 Å². The van der Waals surface area contributed by atoms with E-state index in [1.54, 1.807) is 11.1 Å². The van der Waals surface area contributed by atoms with Crippen molar-refractivity contribution in [1.82, 2.24) is 24.9 Å². The minimum Gasteiger partial charge on any atom is -0.341 e. The van der Waals surface area contributed by atoms with E-state index in [0.29, 0.717) is 44.7 Å². The third-order valence-corrected chi connectivity index (χ3v) is 7.47. The number of likely N-dealkylation sites (tertiary alicyclic amines) is 2. The van der Waals surface area contributed by atoms with E-state index < -0.39 is 6.04 Å². The van der Waals surface area contributed by atoms with Crippen LogP contribution in [0.25, 0.3) is 0 Å². The summed E-state index contributed by atoms with van der Waals surface area (Å²) in [7, 11) is 0. The van der Waals surface area contributed by atoms with Crippen molar-refractivity contribution in [3.8, 4) is 0 Å². The van der Waals surface area contributed by atoms with Gasteiger partial charge in [0.2, 0.25) is 11.8 Å². The van der Waals surface area contributed by atoms with Gasteiger partial charge < -0.3 is 14.7 Å². The molecule has 174 valence electrons. The molecule has 0 saturated carbocycles. The Bertz CT molecular complexity index is 1060. The van der Waals surface area contributed by atoms with Crippen LogP contribution < -0.4 is 0 Å². The van der Waals surface area contributed by atoms with Gasteiger partial charge in [0.05, 0.1) is 17.5 Å². The van der Waals surface area contributed by atoms with Crippen LogP contribution in [-0.2, 0) is 22.6 Å². The number of aromatic amines is 1. The van der Waals surface area contributed by atoms with E-state index >= 15 is 0 Å². The zero-order chi connectivity index (χ0) is 22.9. The summed E-state index contributed by atoms with van der Waals surface area (Å²) in [6.07, 6.45) is 5.44. The molecule has 3 aliphatic heterocycles. The van der Waals surface area contributed by atoms with Crippen molar-refractivity contribution in [2.75, 3.05) is 26.2 Å². The van der Waals surface area contributed by atoms with Gasteiger partial charge in [0, 0.05) is 45.1 Å². The van der Waals surface area contributed by atoms with Crippen molar-refractivity contribution in [1.29, 1.82) is 0 Å². The van der Waals surface area contributed by atoms with Crippen LogP contribution in [0.3, 0.4) is 0 Å². The van der Waals surface area contributed by atoms with Gasteiger partial charge in [0.1, 0.15) is 6.04 Å². The number of carbonyl (C=O) groups is 3. The van der Waals surface area contributed by atoms with E-state index in [1.807, 2.05) is 28.9 Å². The summed E-state index contributed by atoms with van der Waals surface area (Å²) in [5.41, 5.74) is 4.05. The molecule has 2 fully saturated rings. The second-order valence-electron chi connectivity index (χ2n) is 9.41. The fraction of sp³-hybridized carbons (Fsp3) is 0.520. The summed E-state index contributed by atoms with van der Waals surface area (Å²) in [6.45, 7) is 5.09. The van der Waals surface area contributed by atoms with Gasteiger partial charge in [0.25, 0.3) is 5.91 Å². The first-order chi connectivity index (χ1) is 16.0. The van der Waals surface area contributed by atoms with Crippen LogP contribution in [0.4, 0.5) is 0 Å². The van der Waals surface area contributed by atoms with Crippen LogP contribution in [0.5, 0.6) is 0 Å². The number of nitrogens with zero attached hydrogens (tertiary/aromatic N) is 4. The lowest BCUT2D eigenvalue weighted by molar-refractivity contribution is -0.143. The first kappa shape index (κ1) is 21.7. The van der Waals surface area contributed by atoms with E-state index in [4.69, 9.17) is 0 Å². The van der Waals surface area contributed by atoms with Crippen molar-refractivity contribution >= 4 is 17.7 Å². The van der Waals surface area contributed by atoms with Gasteiger partial charge in [-0.2, -0.15) is 5.10 Å². The van der Waals surface area contributed by atoms with Gasteiger partial charge in [0.15, 0.2) is 0 Å². The predicted molar refractivity (Wildman–Crippen MR) is 122 cm³/mol. The highest BCUT2D eigenvalue weighted by molar-refractivity contribution is 5.95. The first-order valence-electron chi connectivity index (χ1n) is 12.0. The molecule has 0 bridgehead atoms. The number of nitrogens with one attached hydrogen (secondary N) is 1. The Balaban J connectivity index is 1.22. The second-order valence-corrected chi connectivity index (χ2v) is 9.41. The number of carbonyl (C=O) groups excluding carboxylic acids is 3. The molecule has 4 heterocycles. The highest BCUT2D eigenvalue weighted by atomic mass is 16.2. The standard InChI is InChI=1S/C25H31N5O3/c1-17(30-11-4-7-22(30)31)24(32)28-12-9-19(10-13-28)23-21(15-26-27-23)25(33)29-14-8-18-5-2-3-6-20(18)16-29/h2-3,5-6,15,17,19H,4,7-14,16H2,1H3,(H,26,27). The number of rotatable bonds is 4. The Morgan fingerprint density at radius 3 is 2.52 bits per heavy atom. The zero-order valence-electron chi connectivity index (χ0n) is 19.1. The molecular weight excluding hydrogens is 418 g/mol. The van der Waals surface area contributed by atoms with Crippen LogP contribution in [0.15, 0.2) is 30.5 Å². The first-order valence-corrected chi connectivity index (χ1v) is 12.0. The topological polar surface area (TPSA) is 89.6 Å². The number of hydrogen-bond acceptors (Lipinski definition) is 4. The van der Waals surface area contributed by atoms with E-state index in [1.165, 1.54) is 11.1 Å². The summed E-state index contributed by atoms with van der Waals surface area (Å²) < 4.78 is 0. The number of H-pyrrole nitrogens is 1. The molecule has 1 unspecified atom stereocenters. The van der Waals surface area contributed by atoms with Crippen molar-refractivity contribution < 1.29 is 14.4 Å². The molecule has 2 saturated heterocycles. The van der Waals surface area contributed by atoms with Gasteiger partial charge in [-0.05, 0) is 43.7 Å². The summed E-state index contributed by atoms with van der Waals surface area (Å²) in [6, 6.07) is 7.89. The SMILES string of the molecule is CC(C(=O)N1CCC(c2[nH]ncc2C(=O)N2CCc3ccccc3C2)CC1)N1CCCC1=O. The van der Waals surface area contributed by atoms with Crippen molar-refractivity contribution in [2.24, 2.45) is 0 Å². The average Bonchev–Trinajstić information content (AvgIpc) is 3.51. The third kappa shape index (κ3) is 4.14.